The van der Waals surface area contributed by atoms with Crippen LogP contribution in [0, 0.1) is 0 Å². The van der Waals surface area contributed by atoms with E-state index >= 15 is 0 Å². The number of hydrogen-bond acceptors (Lipinski definition) is 1. The Morgan fingerprint density at radius 1 is 0.676 bits per heavy atom. The third-order valence-corrected chi connectivity index (χ3v) is 10.4. The van der Waals surface area contributed by atoms with Gasteiger partial charge in [0.15, 0.2) is 0 Å². The van der Waals surface area contributed by atoms with E-state index in [9.17, 15) is 4.57 Å². The molecule has 0 spiro atoms. The summed E-state index contributed by atoms with van der Waals surface area (Å²) >= 11 is 3.61. The monoisotopic (exact) mass is 567 g/mol. The van der Waals surface area contributed by atoms with Crippen molar-refractivity contribution in [2.24, 2.45) is 4.76 Å². The Morgan fingerprint density at radius 3 is 1.73 bits per heavy atom. The molecule has 184 valence electrons. The lowest BCUT2D eigenvalue weighted by Gasteiger charge is -2.27. The molecule has 0 amide bonds. The second-order valence-corrected chi connectivity index (χ2v) is 12.6. The predicted molar refractivity (Wildman–Crippen MR) is 158 cm³/mol. The van der Waals surface area contributed by atoms with E-state index in [1.807, 2.05) is 24.3 Å². The fourth-order valence-electron chi connectivity index (χ4n) is 5.13. The number of fused-ring (bicyclic) bond motifs is 2. The van der Waals surface area contributed by atoms with Gasteiger partial charge in [0.2, 0.25) is 0 Å². The summed E-state index contributed by atoms with van der Waals surface area (Å²) in [6.07, 6.45) is 1.77. The molecular formula is C31H27BrN3OP. The van der Waals surface area contributed by atoms with Gasteiger partial charge in [-0.15, -0.1) is 0 Å². The molecule has 0 radical (unpaired) electrons. The summed E-state index contributed by atoms with van der Waals surface area (Å²) in [4.78, 5) is 0. The minimum absolute atomic E-state index is 0.581. The van der Waals surface area contributed by atoms with Crippen molar-refractivity contribution in [2.75, 3.05) is 13.1 Å². The molecule has 6 heteroatoms. The SMILES string of the molecule is O=P1(/N=C/c2ccccc2Br)N(Cc2cccc3ccccc23)CCN1Cc1cccc2ccccc12. The van der Waals surface area contributed by atoms with E-state index in [2.05, 4.69) is 110 Å². The molecule has 5 aromatic rings. The highest BCUT2D eigenvalue weighted by molar-refractivity contribution is 9.10. The average molecular weight is 568 g/mol. The van der Waals surface area contributed by atoms with Crippen LogP contribution in [0.5, 0.6) is 0 Å². The predicted octanol–water partition coefficient (Wildman–Crippen LogP) is 8.30. The molecule has 37 heavy (non-hydrogen) atoms. The number of hydrogen-bond donors (Lipinski definition) is 0. The van der Waals surface area contributed by atoms with Crippen LogP contribution in [0.2, 0.25) is 0 Å². The summed E-state index contributed by atoms with van der Waals surface area (Å²) in [6.45, 7) is 2.55. The van der Waals surface area contributed by atoms with E-state index < -0.39 is 7.59 Å². The summed E-state index contributed by atoms with van der Waals surface area (Å²) in [5.41, 5.74) is 3.25. The zero-order valence-electron chi connectivity index (χ0n) is 20.4. The van der Waals surface area contributed by atoms with E-state index in [1.54, 1.807) is 6.21 Å². The molecule has 0 N–H and O–H groups in total. The highest BCUT2D eigenvalue weighted by Crippen LogP contribution is 2.59. The van der Waals surface area contributed by atoms with Crippen molar-refractivity contribution in [3.63, 3.8) is 0 Å². The van der Waals surface area contributed by atoms with Crippen molar-refractivity contribution in [1.29, 1.82) is 0 Å². The van der Waals surface area contributed by atoms with Crippen molar-refractivity contribution >= 4 is 51.3 Å². The second kappa shape index (κ2) is 10.4. The third-order valence-electron chi connectivity index (χ3n) is 7.07. The van der Waals surface area contributed by atoms with Crippen LogP contribution >= 0.6 is 23.5 Å². The van der Waals surface area contributed by atoms with Gasteiger partial charge in [-0.05, 0) is 38.7 Å². The van der Waals surface area contributed by atoms with Gasteiger partial charge < -0.3 is 0 Å². The van der Waals surface area contributed by atoms with E-state index in [4.69, 9.17) is 4.76 Å². The molecular weight excluding hydrogens is 541 g/mol. The molecule has 1 aliphatic rings. The normalized spacial score (nSPS) is 16.2. The van der Waals surface area contributed by atoms with Gasteiger partial charge in [0.1, 0.15) is 0 Å². The van der Waals surface area contributed by atoms with Gasteiger partial charge in [0.25, 0.3) is 0 Å². The molecule has 1 aliphatic heterocycles. The Morgan fingerprint density at radius 2 is 1.16 bits per heavy atom. The third kappa shape index (κ3) is 4.81. The number of benzene rings is 5. The number of nitrogens with zero attached hydrogens (tertiary/aromatic N) is 3. The van der Waals surface area contributed by atoms with Crippen molar-refractivity contribution in [3.05, 3.63) is 130 Å². The molecule has 1 fully saturated rings. The van der Waals surface area contributed by atoms with Gasteiger partial charge in [-0.25, -0.2) is 14.1 Å². The van der Waals surface area contributed by atoms with Gasteiger partial charge in [-0.3, -0.25) is 4.57 Å². The summed E-state index contributed by atoms with van der Waals surface area (Å²) < 4.78 is 24.8. The summed E-state index contributed by atoms with van der Waals surface area (Å²) in [7, 11) is -3.25. The van der Waals surface area contributed by atoms with Gasteiger partial charge >= 0.3 is 7.59 Å². The van der Waals surface area contributed by atoms with Crippen LogP contribution in [0.3, 0.4) is 0 Å². The molecule has 1 saturated heterocycles. The van der Waals surface area contributed by atoms with Gasteiger partial charge in [-0.1, -0.05) is 119 Å². The zero-order valence-corrected chi connectivity index (χ0v) is 22.9. The Kier molecular flexibility index (Phi) is 6.79. The van der Waals surface area contributed by atoms with Crippen molar-refractivity contribution in [1.82, 2.24) is 9.34 Å². The van der Waals surface area contributed by atoms with Crippen molar-refractivity contribution < 1.29 is 4.57 Å². The molecule has 4 nitrogen and oxygen atoms in total. The minimum Gasteiger partial charge on any atom is -0.262 e. The first-order chi connectivity index (χ1) is 18.1. The first-order valence-corrected chi connectivity index (χ1v) is 14.8. The molecule has 6 rings (SSSR count). The van der Waals surface area contributed by atoms with Crippen LogP contribution < -0.4 is 0 Å². The van der Waals surface area contributed by atoms with Crippen molar-refractivity contribution in [3.8, 4) is 0 Å². The Hall–Kier alpha value is -3.08. The molecule has 1 heterocycles. The van der Waals surface area contributed by atoms with Gasteiger partial charge in [-0.2, -0.15) is 0 Å². The Balaban J connectivity index is 1.39. The van der Waals surface area contributed by atoms with E-state index in [0.29, 0.717) is 26.2 Å². The average Bonchev–Trinajstić information content (AvgIpc) is 3.23. The van der Waals surface area contributed by atoms with E-state index in [0.717, 1.165) is 10.0 Å². The quantitative estimate of drug-likeness (QED) is 0.153. The highest BCUT2D eigenvalue weighted by atomic mass is 79.9. The topological polar surface area (TPSA) is 35.9 Å². The van der Waals surface area contributed by atoms with E-state index in [1.165, 1.54) is 32.7 Å². The summed E-state index contributed by atoms with van der Waals surface area (Å²) in [6, 6.07) is 37.4. The largest absolute Gasteiger partial charge is 0.330 e. The molecule has 0 saturated carbocycles. The first kappa shape index (κ1) is 24.3. The van der Waals surface area contributed by atoms with Crippen LogP contribution in [-0.4, -0.2) is 28.6 Å². The Bertz CT molecular complexity index is 1560. The lowest BCUT2D eigenvalue weighted by molar-refractivity contribution is 0.436. The van der Waals surface area contributed by atoms with Crippen LogP contribution in [0.4, 0.5) is 0 Å². The van der Waals surface area contributed by atoms with Crippen LogP contribution in [0.15, 0.2) is 118 Å². The molecule has 0 bridgehead atoms. The maximum absolute atomic E-state index is 14.9. The molecule has 0 aliphatic carbocycles. The molecule has 0 atom stereocenters. The highest BCUT2D eigenvalue weighted by Gasteiger charge is 2.42. The number of rotatable bonds is 6. The molecule has 0 unspecified atom stereocenters. The number of halogens is 1. The van der Waals surface area contributed by atoms with Crippen LogP contribution in [-0.2, 0) is 17.7 Å². The Labute approximate surface area is 225 Å². The van der Waals surface area contributed by atoms with Crippen molar-refractivity contribution in [2.45, 2.75) is 13.1 Å². The lowest BCUT2D eigenvalue weighted by atomic mass is 10.0. The zero-order chi connectivity index (χ0) is 25.2. The first-order valence-electron chi connectivity index (χ1n) is 12.5. The van der Waals surface area contributed by atoms with Crippen LogP contribution in [0.1, 0.15) is 16.7 Å². The van der Waals surface area contributed by atoms with Gasteiger partial charge in [0.05, 0.1) is 0 Å². The summed E-state index contributed by atoms with van der Waals surface area (Å²) in [5, 5.41) is 4.77. The lowest BCUT2D eigenvalue weighted by Crippen LogP contribution is -2.19. The van der Waals surface area contributed by atoms with E-state index in [-0.39, 0.29) is 0 Å². The van der Waals surface area contributed by atoms with Crippen LogP contribution in [0.25, 0.3) is 21.5 Å². The maximum Gasteiger partial charge on any atom is 0.330 e. The minimum atomic E-state index is -3.25. The van der Waals surface area contributed by atoms with Gasteiger partial charge in [0, 0.05) is 42.4 Å². The fourth-order valence-corrected chi connectivity index (χ4v) is 7.81. The molecule has 5 aromatic carbocycles. The smallest absolute Gasteiger partial charge is 0.262 e. The maximum atomic E-state index is 14.9. The molecule has 0 aromatic heterocycles. The standard InChI is InChI=1S/C31H27BrN3OP/c32-31-18-6-3-11-26(31)21-33-37(36)34(22-27-14-7-12-24-9-1-4-16-29(24)27)19-20-35(37)23-28-15-8-13-25-10-2-5-17-30(25)28/h1-18,21H,19-20,22-23H2/b33-21+. The second-order valence-electron chi connectivity index (χ2n) is 9.33. The fraction of sp³-hybridized carbons (Fsp3) is 0.129. The summed E-state index contributed by atoms with van der Waals surface area (Å²) in [5.74, 6) is 0.